The lowest BCUT2D eigenvalue weighted by Crippen LogP contribution is -2.40. The summed E-state index contributed by atoms with van der Waals surface area (Å²) < 4.78 is 3.93. The van der Waals surface area contributed by atoms with Gasteiger partial charge in [-0.2, -0.15) is 5.10 Å². The molecule has 1 atom stereocenters. The van der Waals surface area contributed by atoms with Crippen molar-refractivity contribution < 1.29 is 4.79 Å². The van der Waals surface area contributed by atoms with Crippen molar-refractivity contribution in [2.75, 3.05) is 0 Å². The molecule has 6 nitrogen and oxygen atoms in total. The number of amides is 1. The maximum Gasteiger partial charge on any atom is 0.263 e. The fraction of sp³-hybridized carbons (Fsp3) is 0.312. The van der Waals surface area contributed by atoms with Gasteiger partial charge in [-0.05, 0) is 31.5 Å². The van der Waals surface area contributed by atoms with Crippen molar-refractivity contribution in [3.05, 3.63) is 53.1 Å². The summed E-state index contributed by atoms with van der Waals surface area (Å²) in [4.78, 5) is 17.8. The van der Waals surface area contributed by atoms with Crippen LogP contribution in [0.5, 0.6) is 0 Å². The van der Waals surface area contributed by atoms with E-state index in [2.05, 4.69) is 15.4 Å². The van der Waals surface area contributed by atoms with Crippen LogP contribution in [-0.2, 0) is 13.0 Å². The van der Waals surface area contributed by atoms with Crippen molar-refractivity contribution in [2.24, 2.45) is 0 Å². The van der Waals surface area contributed by atoms with E-state index in [4.69, 9.17) is 0 Å². The summed E-state index contributed by atoms with van der Waals surface area (Å²) in [6.45, 7) is 2.73. The number of hydrogen-bond donors (Lipinski definition) is 1. The summed E-state index contributed by atoms with van der Waals surface area (Å²) >= 11 is 1.42. The first kappa shape index (κ1) is 14.2. The first-order valence-electron chi connectivity index (χ1n) is 7.63. The molecule has 0 bridgehead atoms. The highest BCUT2D eigenvalue weighted by Gasteiger charge is 2.23. The molecule has 3 aromatic heterocycles. The highest BCUT2D eigenvalue weighted by atomic mass is 32.1. The normalized spacial score (nSPS) is 17.0. The number of fused-ring (bicyclic) bond motifs is 1. The Morgan fingerprint density at radius 2 is 2.22 bits per heavy atom. The van der Waals surface area contributed by atoms with Crippen LogP contribution in [0.4, 0.5) is 0 Å². The van der Waals surface area contributed by atoms with Crippen LogP contribution >= 0.6 is 11.3 Å². The molecule has 1 amide bonds. The lowest BCUT2D eigenvalue weighted by molar-refractivity contribution is 0.0933. The third-order valence-electron chi connectivity index (χ3n) is 4.10. The molecule has 0 aliphatic carbocycles. The number of rotatable bonds is 3. The molecule has 118 valence electrons. The zero-order valence-corrected chi connectivity index (χ0v) is 13.6. The smallest absolute Gasteiger partial charge is 0.263 e. The third-order valence-corrected chi connectivity index (χ3v) is 5.27. The Labute approximate surface area is 137 Å². The van der Waals surface area contributed by atoms with Crippen LogP contribution in [0.2, 0.25) is 0 Å². The molecule has 0 aromatic carbocycles. The Morgan fingerprint density at radius 3 is 3.04 bits per heavy atom. The van der Waals surface area contributed by atoms with E-state index >= 15 is 0 Å². The Bertz CT molecular complexity index is 833. The van der Waals surface area contributed by atoms with Crippen molar-refractivity contribution in [3.63, 3.8) is 0 Å². The summed E-state index contributed by atoms with van der Waals surface area (Å²) in [6.07, 6.45) is 7.41. The second kappa shape index (κ2) is 5.66. The number of thiazole rings is 1. The van der Waals surface area contributed by atoms with Gasteiger partial charge in [0.1, 0.15) is 4.88 Å². The van der Waals surface area contributed by atoms with Gasteiger partial charge >= 0.3 is 0 Å². The Kier molecular flexibility index (Phi) is 3.49. The maximum atomic E-state index is 12.6. The van der Waals surface area contributed by atoms with Crippen molar-refractivity contribution in [1.29, 1.82) is 0 Å². The van der Waals surface area contributed by atoms with Crippen LogP contribution in [0, 0.1) is 6.92 Å². The molecule has 0 unspecified atom stereocenters. The molecule has 1 aliphatic heterocycles. The van der Waals surface area contributed by atoms with Crippen molar-refractivity contribution in [3.8, 4) is 5.13 Å². The number of hydrogen-bond acceptors (Lipinski definition) is 4. The highest BCUT2D eigenvalue weighted by molar-refractivity contribution is 7.16. The standard InChI is InChI=1S/C16H17N5OS/c1-11-14(23-16(18-11)20-7-2-3-8-20)15(22)19-12-5-9-21-13(10-12)4-6-17-21/h2-4,6-8,12H,5,9-10H2,1H3,(H,19,22)/t12-/m1/s1. The van der Waals surface area contributed by atoms with E-state index in [1.54, 1.807) is 0 Å². The van der Waals surface area contributed by atoms with Crippen molar-refractivity contribution in [1.82, 2.24) is 24.6 Å². The molecule has 0 saturated heterocycles. The predicted octanol–water partition coefficient (Wildman–Crippen LogP) is 2.18. The SMILES string of the molecule is Cc1nc(-n2cccc2)sc1C(=O)N[C@@H]1CCn2nccc2C1. The summed E-state index contributed by atoms with van der Waals surface area (Å²) in [5.74, 6) is -0.0311. The molecule has 0 fully saturated rings. The number of carbonyl (C=O) groups is 1. The number of nitrogens with zero attached hydrogens (tertiary/aromatic N) is 4. The molecule has 4 heterocycles. The van der Waals surface area contributed by atoms with Gasteiger partial charge < -0.3 is 9.88 Å². The zero-order chi connectivity index (χ0) is 15.8. The minimum atomic E-state index is -0.0311. The van der Waals surface area contributed by atoms with E-state index in [9.17, 15) is 4.79 Å². The van der Waals surface area contributed by atoms with Crippen LogP contribution in [0.25, 0.3) is 5.13 Å². The van der Waals surface area contributed by atoms with E-state index in [-0.39, 0.29) is 11.9 Å². The van der Waals surface area contributed by atoms with Crippen LogP contribution in [0.1, 0.15) is 27.5 Å². The van der Waals surface area contributed by atoms with Crippen molar-refractivity contribution >= 4 is 17.2 Å². The highest BCUT2D eigenvalue weighted by Crippen LogP contribution is 2.22. The fourth-order valence-corrected chi connectivity index (χ4v) is 3.84. The minimum Gasteiger partial charge on any atom is -0.348 e. The molecule has 1 aliphatic rings. The van der Waals surface area contributed by atoms with Gasteiger partial charge in [-0.25, -0.2) is 4.98 Å². The molecule has 0 saturated carbocycles. The van der Waals surface area contributed by atoms with Crippen LogP contribution in [0.3, 0.4) is 0 Å². The zero-order valence-electron chi connectivity index (χ0n) is 12.8. The second-order valence-corrected chi connectivity index (χ2v) is 6.69. The van der Waals surface area contributed by atoms with Crippen LogP contribution < -0.4 is 5.32 Å². The van der Waals surface area contributed by atoms with E-state index in [0.717, 1.165) is 30.2 Å². The summed E-state index contributed by atoms with van der Waals surface area (Å²) in [5, 5.41) is 8.23. The van der Waals surface area contributed by atoms with E-state index in [1.807, 2.05) is 53.0 Å². The Hall–Kier alpha value is -2.41. The topological polar surface area (TPSA) is 64.7 Å². The number of carbonyl (C=O) groups excluding carboxylic acids is 1. The fourth-order valence-electron chi connectivity index (χ4n) is 2.91. The van der Waals surface area contributed by atoms with Gasteiger partial charge in [0.05, 0.1) is 5.69 Å². The average molecular weight is 327 g/mol. The number of nitrogens with one attached hydrogen (secondary N) is 1. The van der Waals surface area contributed by atoms with Crippen molar-refractivity contribution in [2.45, 2.75) is 32.4 Å². The summed E-state index contributed by atoms with van der Waals surface area (Å²) in [5.41, 5.74) is 1.95. The molecule has 7 heteroatoms. The van der Waals surface area contributed by atoms with Gasteiger partial charge in [0, 0.05) is 43.3 Å². The van der Waals surface area contributed by atoms with E-state index in [1.165, 1.54) is 17.0 Å². The number of aromatic nitrogens is 4. The van der Waals surface area contributed by atoms with Crippen LogP contribution in [0.15, 0.2) is 36.8 Å². The first-order valence-corrected chi connectivity index (χ1v) is 8.44. The molecule has 3 aromatic rings. The largest absolute Gasteiger partial charge is 0.348 e. The molecule has 0 radical (unpaired) electrons. The molecule has 0 spiro atoms. The monoisotopic (exact) mass is 327 g/mol. The summed E-state index contributed by atoms with van der Waals surface area (Å²) in [7, 11) is 0. The maximum absolute atomic E-state index is 12.6. The van der Waals surface area contributed by atoms with Gasteiger partial charge in [-0.15, -0.1) is 0 Å². The molecule has 23 heavy (non-hydrogen) atoms. The second-order valence-electron chi connectivity index (χ2n) is 5.71. The molecular weight excluding hydrogens is 310 g/mol. The van der Waals surface area contributed by atoms with Gasteiger partial charge in [0.2, 0.25) is 0 Å². The average Bonchev–Trinajstić information content (AvgIpc) is 3.26. The third kappa shape index (κ3) is 2.68. The Balaban J connectivity index is 1.50. The number of aryl methyl sites for hydroxylation is 2. The lowest BCUT2D eigenvalue weighted by atomic mass is 10.0. The first-order chi connectivity index (χ1) is 11.2. The minimum absolute atomic E-state index is 0.0311. The van der Waals surface area contributed by atoms with E-state index < -0.39 is 0 Å². The molecule has 4 rings (SSSR count). The van der Waals surface area contributed by atoms with E-state index in [0.29, 0.717) is 4.88 Å². The predicted molar refractivity (Wildman–Crippen MR) is 88.0 cm³/mol. The van der Waals surface area contributed by atoms with Gasteiger partial charge in [0.15, 0.2) is 5.13 Å². The summed E-state index contributed by atoms with van der Waals surface area (Å²) in [6, 6.07) is 6.06. The van der Waals surface area contributed by atoms with Gasteiger partial charge in [0.25, 0.3) is 5.91 Å². The quantitative estimate of drug-likeness (QED) is 0.802. The molecular formula is C16H17N5OS. The van der Waals surface area contributed by atoms with Gasteiger partial charge in [-0.3, -0.25) is 9.48 Å². The molecule has 1 N–H and O–H groups in total. The Morgan fingerprint density at radius 1 is 1.39 bits per heavy atom. The van der Waals surface area contributed by atoms with Crippen LogP contribution in [-0.4, -0.2) is 31.3 Å². The van der Waals surface area contributed by atoms with Gasteiger partial charge in [-0.1, -0.05) is 11.3 Å². The lowest BCUT2D eigenvalue weighted by Gasteiger charge is -2.24.